The zero-order valence-corrected chi connectivity index (χ0v) is 15.7. The van der Waals surface area contributed by atoms with Gasteiger partial charge in [0, 0.05) is 16.3 Å². The van der Waals surface area contributed by atoms with Crippen LogP contribution in [0.2, 0.25) is 5.02 Å². The van der Waals surface area contributed by atoms with Gasteiger partial charge in [-0.2, -0.15) is 0 Å². The van der Waals surface area contributed by atoms with Crippen LogP contribution in [0.25, 0.3) is 11.3 Å². The molecule has 28 heavy (non-hydrogen) atoms. The van der Waals surface area contributed by atoms with E-state index in [1.54, 1.807) is 18.2 Å². The van der Waals surface area contributed by atoms with Gasteiger partial charge in [-0.05, 0) is 35.7 Å². The maximum absolute atomic E-state index is 12.9. The Morgan fingerprint density at radius 3 is 2.57 bits per heavy atom. The second kappa shape index (κ2) is 8.11. The van der Waals surface area contributed by atoms with Crippen molar-refractivity contribution in [1.29, 1.82) is 0 Å². The average molecular weight is 389 g/mol. The second-order valence-corrected chi connectivity index (χ2v) is 6.75. The second-order valence-electron chi connectivity index (χ2n) is 6.31. The Morgan fingerprint density at radius 1 is 0.964 bits per heavy atom. The van der Waals surface area contributed by atoms with E-state index in [9.17, 15) is 4.79 Å². The van der Waals surface area contributed by atoms with Crippen LogP contribution in [0, 0.1) is 0 Å². The van der Waals surface area contributed by atoms with E-state index in [1.165, 1.54) is 12.0 Å². The molecule has 4 nitrogen and oxygen atoms in total. The van der Waals surface area contributed by atoms with E-state index < -0.39 is 0 Å². The van der Waals surface area contributed by atoms with Crippen molar-refractivity contribution in [3.63, 3.8) is 0 Å². The highest BCUT2D eigenvalue weighted by molar-refractivity contribution is 6.30. The lowest BCUT2D eigenvalue weighted by molar-refractivity contribution is 0.102. The molecule has 0 aliphatic rings. The molecule has 0 saturated carbocycles. The van der Waals surface area contributed by atoms with Crippen molar-refractivity contribution in [2.75, 3.05) is 5.32 Å². The fourth-order valence-corrected chi connectivity index (χ4v) is 3.23. The monoisotopic (exact) mass is 388 g/mol. The molecule has 0 saturated heterocycles. The number of benzene rings is 3. The third-order valence-corrected chi connectivity index (χ3v) is 4.61. The third-order valence-electron chi connectivity index (χ3n) is 4.37. The van der Waals surface area contributed by atoms with Crippen molar-refractivity contribution in [3.8, 4) is 11.3 Å². The number of halogens is 1. The summed E-state index contributed by atoms with van der Waals surface area (Å²) in [6.45, 7) is 0. The Morgan fingerprint density at radius 2 is 1.75 bits per heavy atom. The molecule has 0 spiro atoms. The van der Waals surface area contributed by atoms with Gasteiger partial charge in [-0.1, -0.05) is 72.3 Å². The third kappa shape index (κ3) is 3.97. The Balaban J connectivity index is 1.60. The van der Waals surface area contributed by atoms with Crippen LogP contribution >= 0.6 is 11.6 Å². The molecule has 5 heteroatoms. The van der Waals surface area contributed by atoms with Crippen molar-refractivity contribution in [2.45, 2.75) is 6.42 Å². The molecule has 0 radical (unpaired) electrons. The number of nitrogens with zero attached hydrogens (tertiary/aromatic N) is 1. The number of hydrogen-bond donors (Lipinski definition) is 1. The van der Waals surface area contributed by atoms with Crippen LogP contribution in [0.5, 0.6) is 0 Å². The zero-order chi connectivity index (χ0) is 19.3. The quantitative estimate of drug-likeness (QED) is 0.467. The Hall–Kier alpha value is -3.37. The summed E-state index contributed by atoms with van der Waals surface area (Å²) in [5.74, 6) is 0.0600. The summed E-state index contributed by atoms with van der Waals surface area (Å²) in [6, 6.07) is 25.0. The van der Waals surface area contributed by atoms with Crippen molar-refractivity contribution >= 4 is 23.2 Å². The van der Waals surface area contributed by atoms with E-state index in [4.69, 9.17) is 16.0 Å². The first-order valence-electron chi connectivity index (χ1n) is 8.83. The molecule has 4 aromatic rings. The zero-order valence-electron chi connectivity index (χ0n) is 14.9. The van der Waals surface area contributed by atoms with Gasteiger partial charge in [-0.3, -0.25) is 4.79 Å². The SMILES string of the molecule is O=C(Nc1ccccc1Cc1ccccc1)c1ncoc1-c1cccc(Cl)c1. The Labute approximate surface area is 167 Å². The maximum Gasteiger partial charge on any atom is 0.278 e. The van der Waals surface area contributed by atoms with Gasteiger partial charge in [0.05, 0.1) is 0 Å². The molecule has 3 aromatic carbocycles. The summed E-state index contributed by atoms with van der Waals surface area (Å²) < 4.78 is 5.46. The number of para-hydroxylation sites is 1. The Bertz CT molecular complexity index is 1110. The molecule has 0 bridgehead atoms. The van der Waals surface area contributed by atoms with Crippen LogP contribution in [0.4, 0.5) is 5.69 Å². The molecule has 0 fully saturated rings. The highest BCUT2D eigenvalue weighted by Crippen LogP contribution is 2.27. The van der Waals surface area contributed by atoms with Gasteiger partial charge in [0.15, 0.2) is 17.8 Å². The first kappa shape index (κ1) is 18.0. The lowest BCUT2D eigenvalue weighted by atomic mass is 10.0. The van der Waals surface area contributed by atoms with Gasteiger partial charge in [0.2, 0.25) is 0 Å². The van der Waals surface area contributed by atoms with E-state index in [1.807, 2.05) is 48.5 Å². The van der Waals surface area contributed by atoms with E-state index >= 15 is 0 Å². The summed E-state index contributed by atoms with van der Waals surface area (Å²) in [5.41, 5.74) is 3.86. The Kier molecular flexibility index (Phi) is 5.22. The van der Waals surface area contributed by atoms with Gasteiger partial charge < -0.3 is 9.73 Å². The predicted molar refractivity (Wildman–Crippen MR) is 111 cm³/mol. The van der Waals surface area contributed by atoms with Crippen molar-refractivity contribution in [2.24, 2.45) is 0 Å². The van der Waals surface area contributed by atoms with Crippen molar-refractivity contribution < 1.29 is 9.21 Å². The average Bonchev–Trinajstić information content (AvgIpc) is 3.20. The lowest BCUT2D eigenvalue weighted by Gasteiger charge is -2.11. The number of carbonyl (C=O) groups is 1. The van der Waals surface area contributed by atoms with Crippen LogP contribution in [0.3, 0.4) is 0 Å². The molecule has 1 amide bonds. The minimum Gasteiger partial charge on any atom is -0.443 e. The summed E-state index contributed by atoms with van der Waals surface area (Å²) in [4.78, 5) is 17.0. The van der Waals surface area contributed by atoms with Crippen molar-refractivity contribution in [3.05, 3.63) is 107 Å². The number of hydrogen-bond acceptors (Lipinski definition) is 3. The van der Waals surface area contributed by atoms with Crippen LogP contribution in [-0.2, 0) is 6.42 Å². The fourth-order valence-electron chi connectivity index (χ4n) is 3.04. The predicted octanol–water partition coefficient (Wildman–Crippen LogP) is 5.84. The lowest BCUT2D eigenvalue weighted by Crippen LogP contribution is -2.14. The van der Waals surface area contributed by atoms with Gasteiger partial charge in [-0.25, -0.2) is 4.98 Å². The van der Waals surface area contributed by atoms with Gasteiger partial charge >= 0.3 is 0 Å². The molecular weight excluding hydrogens is 372 g/mol. The summed E-state index contributed by atoms with van der Waals surface area (Å²) in [6.07, 6.45) is 1.98. The highest BCUT2D eigenvalue weighted by Gasteiger charge is 2.19. The summed E-state index contributed by atoms with van der Waals surface area (Å²) >= 11 is 6.06. The molecule has 0 aliphatic carbocycles. The molecule has 0 aliphatic heterocycles. The standard InChI is InChI=1S/C23H17ClN2O2/c24-19-11-6-10-18(14-19)22-21(25-15-28-22)23(27)26-20-12-5-4-9-17(20)13-16-7-2-1-3-8-16/h1-12,14-15H,13H2,(H,26,27). The van der Waals surface area contributed by atoms with E-state index in [-0.39, 0.29) is 11.6 Å². The first-order valence-corrected chi connectivity index (χ1v) is 9.21. The minimum absolute atomic E-state index is 0.219. The number of oxazole rings is 1. The summed E-state index contributed by atoms with van der Waals surface area (Å²) in [7, 11) is 0. The molecule has 138 valence electrons. The number of anilines is 1. The number of aromatic nitrogens is 1. The number of carbonyl (C=O) groups excluding carboxylic acids is 1. The van der Waals surface area contributed by atoms with Gasteiger partial charge in [0.25, 0.3) is 5.91 Å². The molecule has 1 heterocycles. The van der Waals surface area contributed by atoms with E-state index in [2.05, 4.69) is 22.4 Å². The van der Waals surface area contributed by atoms with Crippen LogP contribution < -0.4 is 5.32 Å². The van der Waals surface area contributed by atoms with E-state index in [0.717, 1.165) is 17.7 Å². The molecule has 1 aromatic heterocycles. The molecule has 4 rings (SSSR count). The number of rotatable bonds is 5. The topological polar surface area (TPSA) is 55.1 Å². The minimum atomic E-state index is -0.329. The fraction of sp³-hybridized carbons (Fsp3) is 0.0435. The van der Waals surface area contributed by atoms with Gasteiger partial charge in [-0.15, -0.1) is 0 Å². The first-order chi connectivity index (χ1) is 13.7. The van der Waals surface area contributed by atoms with Crippen LogP contribution in [0.1, 0.15) is 21.6 Å². The molecule has 0 unspecified atom stereocenters. The van der Waals surface area contributed by atoms with Crippen molar-refractivity contribution in [1.82, 2.24) is 4.98 Å². The number of amides is 1. The van der Waals surface area contributed by atoms with Crippen LogP contribution in [-0.4, -0.2) is 10.9 Å². The normalized spacial score (nSPS) is 10.6. The summed E-state index contributed by atoms with van der Waals surface area (Å²) in [5, 5.41) is 3.53. The molecule has 0 atom stereocenters. The largest absolute Gasteiger partial charge is 0.443 e. The smallest absolute Gasteiger partial charge is 0.278 e. The van der Waals surface area contributed by atoms with Gasteiger partial charge in [0.1, 0.15) is 0 Å². The van der Waals surface area contributed by atoms with E-state index in [0.29, 0.717) is 16.3 Å². The van der Waals surface area contributed by atoms with Crippen LogP contribution in [0.15, 0.2) is 89.7 Å². The maximum atomic E-state index is 12.9. The molecular formula is C23H17ClN2O2. The highest BCUT2D eigenvalue weighted by atomic mass is 35.5. The molecule has 1 N–H and O–H groups in total. The number of nitrogens with one attached hydrogen (secondary N) is 1.